The number of nitrogens with zero attached hydrogens (tertiary/aromatic N) is 1. The van der Waals surface area contributed by atoms with Gasteiger partial charge in [0.05, 0.1) is 39.9 Å². The average molecular weight is 775 g/mol. The minimum atomic E-state index is -4.60. The van der Waals surface area contributed by atoms with E-state index >= 15 is 0 Å². The number of allylic oxidation sites excluding steroid dienone is 13. The van der Waals surface area contributed by atoms with Gasteiger partial charge in [0.1, 0.15) is 13.2 Å². The minimum Gasteiger partial charge on any atom is -0.756 e. The van der Waals surface area contributed by atoms with Gasteiger partial charge >= 0.3 is 0 Å². The fourth-order valence-corrected chi connectivity index (χ4v) is 5.97. The first kappa shape index (κ1) is 51.7. The number of carbonyl (C=O) groups is 1. The Labute approximate surface area is 331 Å². The Morgan fingerprint density at radius 2 is 1.15 bits per heavy atom. The Balaban J connectivity index is 4.37. The van der Waals surface area contributed by atoms with E-state index in [1.54, 1.807) is 6.08 Å². The van der Waals surface area contributed by atoms with Crippen LogP contribution in [0.3, 0.4) is 0 Å². The van der Waals surface area contributed by atoms with E-state index in [1.165, 1.54) is 38.5 Å². The molecule has 0 rings (SSSR count). The SMILES string of the molecule is CC/C=C\C/C=C\C/C=C\C/C=C\C/C=C\CCCCCCCCCC(=O)NC(COP(=O)([O-])OCC[N+](C)(C)C)C(O)/C=C/CC/C=C/CCCCC. The number of quaternary nitrogens is 1. The molecule has 0 aliphatic carbocycles. The molecule has 0 aromatic rings. The smallest absolute Gasteiger partial charge is 0.268 e. The Hall–Kier alpha value is -2.32. The Morgan fingerprint density at radius 3 is 1.72 bits per heavy atom. The number of rotatable bonds is 36. The Kier molecular flexibility index (Phi) is 34.8. The van der Waals surface area contributed by atoms with Gasteiger partial charge in [0.2, 0.25) is 5.91 Å². The first-order chi connectivity index (χ1) is 26.0. The van der Waals surface area contributed by atoms with Gasteiger partial charge in [-0.25, -0.2) is 0 Å². The van der Waals surface area contributed by atoms with Crippen molar-refractivity contribution in [3.8, 4) is 0 Å². The van der Waals surface area contributed by atoms with E-state index < -0.39 is 26.6 Å². The van der Waals surface area contributed by atoms with E-state index in [0.29, 0.717) is 17.4 Å². The third-order valence-electron chi connectivity index (χ3n) is 8.59. The van der Waals surface area contributed by atoms with Crippen molar-refractivity contribution in [2.24, 2.45) is 0 Å². The normalized spacial score (nSPS) is 15.3. The lowest BCUT2D eigenvalue weighted by Gasteiger charge is -2.29. The monoisotopic (exact) mass is 775 g/mol. The highest BCUT2D eigenvalue weighted by atomic mass is 31.2. The fourth-order valence-electron chi connectivity index (χ4n) is 5.25. The molecule has 0 bridgehead atoms. The second kappa shape index (κ2) is 36.3. The van der Waals surface area contributed by atoms with Gasteiger partial charge in [-0.3, -0.25) is 9.36 Å². The first-order valence-corrected chi connectivity index (χ1v) is 22.4. The van der Waals surface area contributed by atoms with E-state index in [2.05, 4.69) is 92.1 Å². The summed E-state index contributed by atoms with van der Waals surface area (Å²) in [6.45, 7) is 4.41. The number of carbonyl (C=O) groups excluding carboxylic acids is 1. The van der Waals surface area contributed by atoms with Gasteiger partial charge < -0.3 is 28.8 Å². The molecule has 9 heteroatoms. The highest BCUT2D eigenvalue weighted by molar-refractivity contribution is 7.45. The number of phosphoric acid groups is 1. The molecule has 2 N–H and O–H groups in total. The zero-order valence-corrected chi connectivity index (χ0v) is 35.8. The lowest BCUT2D eigenvalue weighted by Crippen LogP contribution is -2.45. The van der Waals surface area contributed by atoms with Crippen LogP contribution in [0.5, 0.6) is 0 Å². The van der Waals surface area contributed by atoms with Crippen molar-refractivity contribution in [3.05, 3.63) is 85.1 Å². The number of hydrogen-bond acceptors (Lipinski definition) is 6. The lowest BCUT2D eigenvalue weighted by molar-refractivity contribution is -0.870. The summed E-state index contributed by atoms with van der Waals surface area (Å²) in [7, 11) is 1.21. The molecule has 0 aliphatic rings. The van der Waals surface area contributed by atoms with Gasteiger partial charge in [0.25, 0.3) is 7.82 Å². The fraction of sp³-hybridized carbons (Fsp3) is 0.667. The summed E-state index contributed by atoms with van der Waals surface area (Å²) in [5.74, 6) is -0.227. The maximum absolute atomic E-state index is 12.8. The number of likely N-dealkylation sites (N-methyl/N-ethyl adjacent to an activating group) is 1. The Bertz CT molecular complexity index is 1150. The number of aliphatic hydroxyl groups is 1. The van der Waals surface area contributed by atoms with Crippen LogP contribution in [0.1, 0.15) is 142 Å². The van der Waals surface area contributed by atoms with Crippen molar-refractivity contribution < 1.29 is 32.9 Å². The van der Waals surface area contributed by atoms with Crippen LogP contribution >= 0.6 is 7.82 Å². The van der Waals surface area contributed by atoms with E-state index in [9.17, 15) is 19.4 Å². The molecule has 8 nitrogen and oxygen atoms in total. The van der Waals surface area contributed by atoms with Gasteiger partial charge in [0, 0.05) is 6.42 Å². The van der Waals surface area contributed by atoms with Crippen molar-refractivity contribution in [3.63, 3.8) is 0 Å². The molecular weight excluding hydrogens is 695 g/mol. The molecule has 0 aromatic heterocycles. The van der Waals surface area contributed by atoms with E-state index in [-0.39, 0.29) is 12.5 Å². The molecule has 3 atom stereocenters. The summed E-state index contributed by atoms with van der Waals surface area (Å²) < 4.78 is 23.1. The quantitative estimate of drug-likeness (QED) is 0.0284. The standard InChI is InChI=1S/C45H79N2O6P/c1-6-8-10-12-14-16-17-18-19-20-21-22-23-24-25-26-27-28-29-31-33-35-37-39-45(49)46-43(42-53-54(50,51)52-41-40-47(3,4)5)44(48)38-36-34-32-30-15-13-11-9-7-2/h8,10,14-16,18-19,21-22,24-25,30,36,38,43-44,48H,6-7,9,11-13,17,20,23,26-29,31-35,37,39-42H2,1-5H3,(H-,46,49,50,51)/b10-8-,16-14-,19-18-,22-21-,25-24-,30-15+,38-36+. The number of nitrogens with one attached hydrogen (secondary N) is 1. The molecule has 0 saturated carbocycles. The summed E-state index contributed by atoms with van der Waals surface area (Å²) in [5.41, 5.74) is 0. The number of phosphoric ester groups is 1. The molecule has 3 unspecified atom stereocenters. The third kappa shape index (κ3) is 38.0. The minimum absolute atomic E-state index is 0.0139. The first-order valence-electron chi connectivity index (χ1n) is 20.9. The van der Waals surface area contributed by atoms with Crippen LogP contribution in [-0.4, -0.2) is 68.5 Å². The van der Waals surface area contributed by atoms with Crippen LogP contribution in [0, 0.1) is 0 Å². The van der Waals surface area contributed by atoms with Gasteiger partial charge in [0.15, 0.2) is 0 Å². The third-order valence-corrected chi connectivity index (χ3v) is 9.55. The number of hydrogen-bond donors (Lipinski definition) is 2. The summed E-state index contributed by atoms with van der Waals surface area (Å²) in [4.78, 5) is 25.2. The summed E-state index contributed by atoms with van der Waals surface area (Å²) in [5, 5.41) is 13.6. The number of unbranched alkanes of at least 4 members (excludes halogenated alkanes) is 11. The molecular formula is C45H79N2O6P. The maximum Gasteiger partial charge on any atom is 0.268 e. The molecule has 54 heavy (non-hydrogen) atoms. The highest BCUT2D eigenvalue weighted by Gasteiger charge is 2.23. The zero-order valence-electron chi connectivity index (χ0n) is 34.9. The summed E-state index contributed by atoms with van der Waals surface area (Å²) >= 11 is 0. The maximum atomic E-state index is 12.8. The predicted molar refractivity (Wildman–Crippen MR) is 228 cm³/mol. The van der Waals surface area contributed by atoms with Crippen LogP contribution in [-0.2, 0) is 18.4 Å². The zero-order chi connectivity index (χ0) is 40.0. The van der Waals surface area contributed by atoms with Crippen LogP contribution in [0.2, 0.25) is 0 Å². The van der Waals surface area contributed by atoms with Crippen molar-refractivity contribution in [1.82, 2.24) is 5.32 Å². The molecule has 0 radical (unpaired) electrons. The lowest BCUT2D eigenvalue weighted by atomic mass is 10.1. The van der Waals surface area contributed by atoms with Gasteiger partial charge in [-0.1, -0.05) is 144 Å². The van der Waals surface area contributed by atoms with Crippen LogP contribution in [0.15, 0.2) is 85.1 Å². The predicted octanol–water partition coefficient (Wildman–Crippen LogP) is 10.8. The van der Waals surface area contributed by atoms with Crippen LogP contribution in [0.25, 0.3) is 0 Å². The van der Waals surface area contributed by atoms with Gasteiger partial charge in [-0.05, 0) is 77.0 Å². The van der Waals surface area contributed by atoms with E-state index in [4.69, 9.17) is 9.05 Å². The Morgan fingerprint density at radius 1 is 0.667 bits per heavy atom. The topological polar surface area (TPSA) is 108 Å². The van der Waals surface area contributed by atoms with Crippen molar-refractivity contribution >= 4 is 13.7 Å². The second-order valence-corrected chi connectivity index (χ2v) is 16.4. The highest BCUT2D eigenvalue weighted by Crippen LogP contribution is 2.38. The molecule has 0 aliphatic heterocycles. The molecule has 0 heterocycles. The molecule has 0 spiro atoms. The second-order valence-electron chi connectivity index (χ2n) is 14.9. The van der Waals surface area contributed by atoms with Crippen molar-refractivity contribution in [1.29, 1.82) is 0 Å². The van der Waals surface area contributed by atoms with Crippen molar-refractivity contribution in [2.75, 3.05) is 40.9 Å². The van der Waals surface area contributed by atoms with Gasteiger partial charge in [-0.15, -0.1) is 0 Å². The molecule has 0 fully saturated rings. The summed E-state index contributed by atoms with van der Waals surface area (Å²) in [6, 6.07) is -0.912. The molecule has 0 aromatic carbocycles. The average Bonchev–Trinajstić information content (AvgIpc) is 3.12. The largest absolute Gasteiger partial charge is 0.756 e. The number of aliphatic hydroxyl groups excluding tert-OH is 1. The van der Waals surface area contributed by atoms with Crippen LogP contribution in [0.4, 0.5) is 0 Å². The molecule has 1 amide bonds. The summed E-state index contributed by atoms with van der Waals surface area (Å²) in [6.07, 6.45) is 49.3. The van der Waals surface area contributed by atoms with Gasteiger partial charge in [-0.2, -0.15) is 0 Å². The van der Waals surface area contributed by atoms with E-state index in [0.717, 1.165) is 83.5 Å². The molecule has 0 saturated heterocycles. The van der Waals surface area contributed by atoms with Crippen molar-refractivity contribution in [2.45, 2.75) is 154 Å². The number of amides is 1. The van der Waals surface area contributed by atoms with E-state index in [1.807, 2.05) is 27.2 Å². The molecule has 310 valence electrons. The van der Waals surface area contributed by atoms with Crippen LogP contribution < -0.4 is 10.2 Å².